The van der Waals surface area contributed by atoms with Crippen LogP contribution >= 0.6 is 143 Å². The summed E-state index contributed by atoms with van der Waals surface area (Å²) in [6.07, 6.45) is -0.0951. The van der Waals surface area contributed by atoms with Gasteiger partial charge in [-0.1, -0.05) is 170 Å². The summed E-state index contributed by atoms with van der Waals surface area (Å²) in [5.41, 5.74) is 2.67. The lowest BCUT2D eigenvalue weighted by molar-refractivity contribution is -0.195. The Labute approximate surface area is 455 Å². The van der Waals surface area contributed by atoms with Crippen LogP contribution in [0.5, 0.6) is 0 Å². The molecule has 0 heterocycles. The first-order valence-electron chi connectivity index (χ1n) is 21.0. The molecule has 0 unspecified atom stereocenters. The first-order valence-corrected chi connectivity index (χ1v) is 30.5. The molecule has 0 aliphatic heterocycles. The van der Waals surface area contributed by atoms with E-state index >= 15 is 0 Å². The van der Waals surface area contributed by atoms with Crippen molar-refractivity contribution in [2.24, 2.45) is 0 Å². The predicted molar refractivity (Wildman–Crippen MR) is 311 cm³/mol. The maximum atomic E-state index is 13.6. The molecule has 4 aromatic carbocycles. The number of esters is 4. The highest BCUT2D eigenvalue weighted by molar-refractivity contribution is 8.48. The van der Waals surface area contributed by atoms with Crippen LogP contribution < -0.4 is 0 Å². The first kappa shape index (κ1) is 58.5. The third kappa shape index (κ3) is 26.9. The fourth-order valence-corrected chi connectivity index (χ4v) is 13.7. The molecular formula is C48H50O8S12. The molecule has 8 nitrogen and oxygen atoms in total. The summed E-state index contributed by atoms with van der Waals surface area (Å²) in [6.45, 7) is -1.63. The first-order chi connectivity index (χ1) is 33.0. The molecule has 4 aromatic rings. The molecule has 4 rings (SSSR count). The molecule has 362 valence electrons. The van der Waals surface area contributed by atoms with E-state index in [0.29, 0.717) is 60.1 Å². The van der Waals surface area contributed by atoms with Gasteiger partial charge in [-0.2, -0.15) is 0 Å². The van der Waals surface area contributed by atoms with Gasteiger partial charge in [0.05, 0.1) is 25.7 Å². The summed E-state index contributed by atoms with van der Waals surface area (Å²) in [5.74, 6) is 1.67. The van der Waals surface area contributed by atoms with Crippen molar-refractivity contribution >= 4 is 181 Å². The lowest BCUT2D eigenvalue weighted by Crippen LogP contribution is -2.50. The number of hydrogen-bond donors (Lipinski definition) is 0. The van der Waals surface area contributed by atoms with Crippen molar-refractivity contribution < 1.29 is 38.1 Å². The number of benzene rings is 4. The van der Waals surface area contributed by atoms with Gasteiger partial charge in [0.1, 0.15) is 33.9 Å². The Hall–Kier alpha value is -2.08. The molecule has 0 spiro atoms. The fraction of sp³-hybridized carbons (Fsp3) is 0.333. The molecule has 0 radical (unpaired) electrons. The van der Waals surface area contributed by atoms with Crippen molar-refractivity contribution in [1.82, 2.24) is 0 Å². The summed E-state index contributed by atoms with van der Waals surface area (Å²) < 4.78 is 25.9. The molecule has 0 atom stereocenters. The average Bonchev–Trinajstić information content (AvgIpc) is 3.35. The van der Waals surface area contributed by atoms with Gasteiger partial charge in [-0.15, -0.1) is 94.1 Å². The third-order valence-corrected chi connectivity index (χ3v) is 19.8. The summed E-state index contributed by atoms with van der Waals surface area (Å²) in [7, 11) is 0. The minimum atomic E-state index is -1.86. The van der Waals surface area contributed by atoms with E-state index < -0.39 is 49.3 Å². The molecule has 0 aliphatic rings. The Morgan fingerprint density at radius 1 is 0.353 bits per heavy atom. The maximum Gasteiger partial charge on any atom is 0.307 e. The highest BCUT2D eigenvalue weighted by Crippen LogP contribution is 2.27. The summed E-state index contributed by atoms with van der Waals surface area (Å²) in [5, 5.41) is 0. The van der Waals surface area contributed by atoms with Gasteiger partial charge in [0, 0.05) is 46.0 Å². The van der Waals surface area contributed by atoms with E-state index in [4.69, 9.17) is 67.8 Å². The van der Waals surface area contributed by atoms with Gasteiger partial charge in [0.2, 0.25) is 5.60 Å². The number of thioether (sulfide) groups is 8. The molecule has 0 fully saturated rings. The van der Waals surface area contributed by atoms with Crippen LogP contribution in [0.1, 0.15) is 47.9 Å². The van der Waals surface area contributed by atoms with Gasteiger partial charge >= 0.3 is 23.9 Å². The Morgan fingerprint density at radius 3 is 0.838 bits per heavy atom. The highest BCUT2D eigenvalue weighted by atomic mass is 32.2. The zero-order chi connectivity index (χ0) is 48.7. The number of carbonyl (C=O) groups is 4. The molecule has 0 N–H and O–H groups in total. The van der Waals surface area contributed by atoms with E-state index in [1.165, 1.54) is 94.1 Å². The van der Waals surface area contributed by atoms with Gasteiger partial charge < -0.3 is 18.9 Å². The predicted octanol–water partition coefficient (Wildman–Crippen LogP) is 13.3. The standard InChI is InChI=1S/C48H50O8S12/c49-40(21-25-61-44(57)65-29-36-13-5-1-6-14-36)53-33-48(56-43(52)24-28-64-47(60)68-32-39-19-11-4-12-20-39,34-54-41(50)22-26-62-45(58)66-30-37-15-7-2-8-16-37)35-55-42(51)23-27-63-46(59)67-31-38-17-9-3-10-18-38/h1-20H,21-35H2. The largest absolute Gasteiger partial charge is 0.461 e. The van der Waals surface area contributed by atoms with Gasteiger partial charge in [0.25, 0.3) is 0 Å². The quantitative estimate of drug-likeness (QED) is 0.0321. The maximum absolute atomic E-state index is 13.6. The molecule has 68 heavy (non-hydrogen) atoms. The molecule has 20 heteroatoms. The van der Waals surface area contributed by atoms with Crippen LogP contribution in [-0.2, 0) is 61.1 Å². The van der Waals surface area contributed by atoms with Crippen LogP contribution in [0, 0.1) is 0 Å². The van der Waals surface area contributed by atoms with Gasteiger partial charge in [-0.3, -0.25) is 19.2 Å². The number of thiocarbonyl (C=S) groups is 4. The van der Waals surface area contributed by atoms with E-state index in [0.717, 1.165) is 22.3 Å². The molecule has 0 aliphatic carbocycles. The van der Waals surface area contributed by atoms with Crippen molar-refractivity contribution in [3.05, 3.63) is 144 Å². The lowest BCUT2D eigenvalue weighted by atomic mass is 10.1. The number of hydrogen-bond acceptors (Lipinski definition) is 20. The minimum absolute atomic E-state index is 0.00608. The molecule has 0 saturated carbocycles. The van der Waals surface area contributed by atoms with E-state index in [2.05, 4.69) is 0 Å². The Kier molecular flexibility index (Phi) is 30.2. The van der Waals surface area contributed by atoms with Gasteiger partial charge in [0.15, 0.2) is 0 Å². The van der Waals surface area contributed by atoms with Crippen LogP contribution in [0.2, 0.25) is 0 Å². The zero-order valence-electron chi connectivity index (χ0n) is 36.8. The highest BCUT2D eigenvalue weighted by Gasteiger charge is 2.40. The topological polar surface area (TPSA) is 105 Å². The Balaban J connectivity index is 1.38. The second-order valence-electron chi connectivity index (χ2n) is 14.1. The van der Waals surface area contributed by atoms with Crippen molar-refractivity contribution in [3.8, 4) is 0 Å². The Bertz CT molecular complexity index is 2020. The lowest BCUT2D eigenvalue weighted by Gasteiger charge is -2.32. The number of carbonyl (C=O) groups excluding carboxylic acids is 4. The third-order valence-electron chi connectivity index (χ3n) is 8.72. The normalized spacial score (nSPS) is 11.0. The average molecular weight is 1140 g/mol. The minimum Gasteiger partial charge on any atom is -0.461 e. The number of ether oxygens (including phenoxy) is 4. The van der Waals surface area contributed by atoms with Crippen molar-refractivity contribution in [3.63, 3.8) is 0 Å². The zero-order valence-corrected chi connectivity index (χ0v) is 46.6. The smallest absolute Gasteiger partial charge is 0.307 e. The van der Waals surface area contributed by atoms with Crippen LogP contribution in [0.3, 0.4) is 0 Å². The SMILES string of the molecule is O=C(CCSC(=S)SCc1ccccc1)OCC(COC(=O)CCSC(=S)SCc1ccccc1)(COC(=O)CCSC(=S)SCc1ccccc1)OC(=O)CCSC(=S)SCc1ccccc1. The van der Waals surface area contributed by atoms with Crippen LogP contribution in [0.4, 0.5) is 0 Å². The van der Waals surface area contributed by atoms with Crippen LogP contribution in [0.15, 0.2) is 121 Å². The van der Waals surface area contributed by atoms with E-state index in [1.54, 1.807) is 0 Å². The van der Waals surface area contributed by atoms with Crippen molar-refractivity contribution in [1.29, 1.82) is 0 Å². The van der Waals surface area contributed by atoms with E-state index in [-0.39, 0.29) is 25.7 Å². The molecule has 0 saturated heterocycles. The summed E-state index contributed by atoms with van der Waals surface area (Å²) in [6, 6.07) is 39.7. The van der Waals surface area contributed by atoms with Gasteiger partial charge in [-0.25, -0.2) is 0 Å². The molecule has 0 bridgehead atoms. The molecule has 0 aromatic heterocycles. The fourth-order valence-electron chi connectivity index (χ4n) is 5.26. The van der Waals surface area contributed by atoms with Crippen molar-refractivity contribution in [2.75, 3.05) is 42.8 Å². The Morgan fingerprint density at radius 2 is 0.588 bits per heavy atom. The summed E-state index contributed by atoms with van der Waals surface area (Å²) in [4.78, 5) is 53.3. The van der Waals surface area contributed by atoms with Crippen LogP contribution in [0.25, 0.3) is 0 Å². The van der Waals surface area contributed by atoms with E-state index in [9.17, 15) is 19.2 Å². The molecule has 0 amide bonds. The number of rotatable bonds is 27. The summed E-state index contributed by atoms with van der Waals surface area (Å²) >= 11 is 33.6. The van der Waals surface area contributed by atoms with Crippen LogP contribution in [-0.4, -0.2) is 86.4 Å². The van der Waals surface area contributed by atoms with Crippen molar-refractivity contribution in [2.45, 2.75) is 54.3 Å². The monoisotopic (exact) mass is 1140 g/mol. The second-order valence-corrected chi connectivity index (χ2v) is 27.2. The van der Waals surface area contributed by atoms with E-state index in [1.807, 2.05) is 121 Å². The van der Waals surface area contributed by atoms with Gasteiger partial charge in [-0.05, 0) is 22.3 Å². The molecular weight excluding hydrogens is 1090 g/mol. The second kappa shape index (κ2) is 35.1.